The summed E-state index contributed by atoms with van der Waals surface area (Å²) in [7, 11) is 0. The molecule has 15 heavy (non-hydrogen) atoms. The van der Waals surface area contributed by atoms with E-state index in [2.05, 4.69) is 0 Å². The van der Waals surface area contributed by atoms with E-state index in [1.165, 1.54) is 0 Å². The number of carbonyl (C=O) groups is 2. The fourth-order valence-corrected chi connectivity index (χ4v) is 1.58. The van der Waals surface area contributed by atoms with E-state index in [-0.39, 0.29) is 15.7 Å². The van der Waals surface area contributed by atoms with Crippen molar-refractivity contribution in [3.05, 3.63) is 27.2 Å². The molecule has 0 atom stereocenters. The number of hydrogen-bond acceptors (Lipinski definition) is 3. The molecule has 0 heterocycles. The molecule has 0 aliphatic rings. The van der Waals surface area contributed by atoms with Crippen LogP contribution in [0.2, 0.25) is 10.0 Å². The van der Waals surface area contributed by atoms with Crippen LogP contribution in [0.15, 0.2) is 6.07 Å². The van der Waals surface area contributed by atoms with E-state index >= 15 is 0 Å². The second-order valence-electron chi connectivity index (χ2n) is 2.62. The summed E-state index contributed by atoms with van der Waals surface area (Å²) in [6.45, 7) is 0. The highest BCUT2D eigenvalue weighted by Crippen LogP contribution is 2.32. The fraction of sp³-hybridized carbons (Fsp3) is 0. The first kappa shape index (κ1) is 11.6. The molecular formula is C8H5Cl2NO4. The fourth-order valence-electron chi connectivity index (χ4n) is 1.06. The predicted molar refractivity (Wildman–Crippen MR) is 54.8 cm³/mol. The smallest absolute Gasteiger partial charge is 0.338 e. The van der Waals surface area contributed by atoms with Gasteiger partial charge in [0.25, 0.3) is 0 Å². The summed E-state index contributed by atoms with van der Waals surface area (Å²) in [5.41, 5.74) is 4.11. The molecule has 0 unspecified atom stereocenters. The molecule has 0 aliphatic carbocycles. The van der Waals surface area contributed by atoms with Crippen LogP contribution in [-0.2, 0) is 0 Å². The van der Waals surface area contributed by atoms with Crippen LogP contribution < -0.4 is 5.73 Å². The molecule has 1 aromatic carbocycles. The Morgan fingerprint density at radius 2 is 1.60 bits per heavy atom. The van der Waals surface area contributed by atoms with E-state index in [1.807, 2.05) is 0 Å². The predicted octanol–water partition coefficient (Wildman–Crippen LogP) is 1.97. The number of carboxylic acids is 2. The van der Waals surface area contributed by atoms with Crippen LogP contribution in [-0.4, -0.2) is 22.2 Å². The second kappa shape index (κ2) is 3.96. The minimum absolute atomic E-state index is 0.0796. The number of nitrogen functional groups attached to an aromatic ring is 1. The summed E-state index contributed by atoms with van der Waals surface area (Å²) in [6, 6.07) is 1.10. The normalized spacial score (nSPS) is 10.0. The number of nitrogens with two attached hydrogens (primary N) is 1. The number of aromatic carboxylic acids is 2. The first-order valence-corrected chi connectivity index (χ1v) is 4.36. The van der Waals surface area contributed by atoms with Crippen LogP contribution >= 0.6 is 23.2 Å². The lowest BCUT2D eigenvalue weighted by molar-refractivity contribution is 0.0652. The monoisotopic (exact) mass is 249 g/mol. The highest BCUT2D eigenvalue weighted by molar-refractivity contribution is 6.40. The van der Waals surface area contributed by atoms with Gasteiger partial charge < -0.3 is 15.9 Å². The lowest BCUT2D eigenvalue weighted by Gasteiger charge is -2.08. The van der Waals surface area contributed by atoms with Crippen LogP contribution in [0.1, 0.15) is 20.7 Å². The molecule has 0 spiro atoms. The molecule has 0 aromatic heterocycles. The summed E-state index contributed by atoms with van der Waals surface area (Å²) in [5.74, 6) is -2.97. The molecule has 0 radical (unpaired) electrons. The zero-order chi connectivity index (χ0) is 11.7. The van der Waals surface area contributed by atoms with E-state index in [1.54, 1.807) is 0 Å². The Morgan fingerprint density at radius 3 is 2.00 bits per heavy atom. The van der Waals surface area contributed by atoms with Crippen molar-refractivity contribution in [2.24, 2.45) is 0 Å². The number of hydrogen-bond donors (Lipinski definition) is 3. The molecule has 1 rings (SSSR count). The molecule has 0 amide bonds. The van der Waals surface area contributed by atoms with Gasteiger partial charge in [0.2, 0.25) is 0 Å². The SMILES string of the molecule is Nc1cc(Cl)c(C(=O)O)c(C(=O)O)c1Cl. The Kier molecular flexibility index (Phi) is 3.06. The Hall–Kier alpha value is -1.46. The van der Waals surface area contributed by atoms with Gasteiger partial charge in [-0.25, -0.2) is 9.59 Å². The van der Waals surface area contributed by atoms with Crippen molar-refractivity contribution in [2.75, 3.05) is 5.73 Å². The van der Waals surface area contributed by atoms with Gasteiger partial charge >= 0.3 is 11.9 Å². The maximum Gasteiger partial charge on any atom is 0.338 e. The van der Waals surface area contributed by atoms with Crippen LogP contribution in [0.5, 0.6) is 0 Å². The van der Waals surface area contributed by atoms with Gasteiger partial charge in [0.15, 0.2) is 0 Å². The van der Waals surface area contributed by atoms with Gasteiger partial charge in [-0.15, -0.1) is 0 Å². The second-order valence-corrected chi connectivity index (χ2v) is 3.41. The highest BCUT2D eigenvalue weighted by Gasteiger charge is 2.24. The van der Waals surface area contributed by atoms with Gasteiger partial charge in [-0.3, -0.25) is 0 Å². The third-order valence-corrected chi connectivity index (χ3v) is 2.38. The standard InChI is InChI=1S/C8H5Cl2NO4/c9-2-1-3(11)6(10)5(8(14)15)4(2)7(12)13/h1H,11H2,(H,12,13)(H,14,15). The van der Waals surface area contributed by atoms with Gasteiger partial charge in [0.1, 0.15) is 0 Å². The van der Waals surface area contributed by atoms with Gasteiger partial charge in [-0.1, -0.05) is 23.2 Å². The molecule has 80 valence electrons. The number of benzene rings is 1. The summed E-state index contributed by atoms with van der Waals surface area (Å²) in [4.78, 5) is 21.6. The van der Waals surface area contributed by atoms with E-state index in [9.17, 15) is 9.59 Å². The zero-order valence-electron chi connectivity index (χ0n) is 7.12. The zero-order valence-corrected chi connectivity index (χ0v) is 8.63. The van der Waals surface area contributed by atoms with Crippen LogP contribution in [0.4, 0.5) is 5.69 Å². The average Bonchev–Trinajstić information content (AvgIpc) is 2.09. The maximum absolute atomic E-state index is 10.8. The highest BCUT2D eigenvalue weighted by atomic mass is 35.5. The minimum Gasteiger partial charge on any atom is -0.478 e. The summed E-state index contributed by atoms with van der Waals surface area (Å²) in [6.07, 6.45) is 0. The van der Waals surface area contributed by atoms with Crippen molar-refractivity contribution in [1.29, 1.82) is 0 Å². The number of carboxylic acid groups (broad SMARTS) is 2. The molecule has 0 fully saturated rings. The first-order valence-electron chi connectivity index (χ1n) is 3.60. The summed E-state index contributed by atoms with van der Waals surface area (Å²) in [5, 5.41) is 17.0. The Labute approximate surface area is 94.0 Å². The van der Waals surface area contributed by atoms with Crippen molar-refractivity contribution in [2.45, 2.75) is 0 Å². The van der Waals surface area contributed by atoms with E-state index in [4.69, 9.17) is 39.1 Å². The summed E-state index contributed by atoms with van der Waals surface area (Å²) < 4.78 is 0. The molecule has 0 bridgehead atoms. The van der Waals surface area contributed by atoms with Gasteiger partial charge in [0.05, 0.1) is 26.9 Å². The number of rotatable bonds is 2. The molecule has 7 heteroatoms. The lowest BCUT2D eigenvalue weighted by Crippen LogP contribution is -2.11. The molecule has 1 aromatic rings. The molecule has 5 nitrogen and oxygen atoms in total. The van der Waals surface area contributed by atoms with Crippen LogP contribution in [0, 0.1) is 0 Å². The van der Waals surface area contributed by atoms with Gasteiger partial charge in [-0.2, -0.15) is 0 Å². The Balaban J connectivity index is 3.69. The van der Waals surface area contributed by atoms with Gasteiger partial charge in [-0.05, 0) is 6.07 Å². The lowest BCUT2D eigenvalue weighted by atomic mass is 10.1. The molecule has 0 saturated heterocycles. The van der Waals surface area contributed by atoms with E-state index < -0.39 is 23.1 Å². The topological polar surface area (TPSA) is 101 Å². The van der Waals surface area contributed by atoms with Crippen LogP contribution in [0.25, 0.3) is 0 Å². The average molecular weight is 250 g/mol. The quantitative estimate of drug-likeness (QED) is 0.696. The van der Waals surface area contributed by atoms with Crippen molar-refractivity contribution in [3.63, 3.8) is 0 Å². The van der Waals surface area contributed by atoms with Crippen molar-refractivity contribution >= 4 is 40.8 Å². The van der Waals surface area contributed by atoms with Crippen molar-refractivity contribution in [3.8, 4) is 0 Å². The van der Waals surface area contributed by atoms with Crippen LogP contribution in [0.3, 0.4) is 0 Å². The third-order valence-electron chi connectivity index (χ3n) is 1.67. The van der Waals surface area contributed by atoms with Crippen molar-refractivity contribution in [1.82, 2.24) is 0 Å². The Bertz CT molecular complexity index is 458. The molecule has 0 saturated carbocycles. The molecule has 0 aliphatic heterocycles. The Morgan fingerprint density at radius 1 is 1.13 bits per heavy atom. The maximum atomic E-state index is 10.8. The summed E-state index contributed by atoms with van der Waals surface area (Å²) >= 11 is 11.1. The molecular weight excluding hydrogens is 245 g/mol. The number of anilines is 1. The largest absolute Gasteiger partial charge is 0.478 e. The third kappa shape index (κ3) is 1.98. The van der Waals surface area contributed by atoms with Gasteiger partial charge in [0, 0.05) is 0 Å². The van der Waals surface area contributed by atoms with Crippen molar-refractivity contribution < 1.29 is 19.8 Å². The molecule has 4 N–H and O–H groups in total. The first-order chi connectivity index (χ1) is 6.86. The van der Waals surface area contributed by atoms with E-state index in [0.29, 0.717) is 0 Å². The van der Waals surface area contributed by atoms with E-state index in [0.717, 1.165) is 6.07 Å². The number of halogens is 2. The minimum atomic E-state index is -1.49.